The second-order valence-electron chi connectivity index (χ2n) is 5.25. The van der Waals surface area contributed by atoms with Crippen molar-refractivity contribution in [3.63, 3.8) is 0 Å². The van der Waals surface area contributed by atoms with Gasteiger partial charge in [0.05, 0.1) is 13.5 Å². The van der Waals surface area contributed by atoms with Crippen LogP contribution in [-0.4, -0.2) is 23.1 Å². The van der Waals surface area contributed by atoms with Crippen LogP contribution in [0, 0.1) is 6.92 Å². The molecule has 0 aliphatic carbocycles. The molecular weight excluding hydrogens is 284 g/mol. The number of carbonyl (C=O) groups excluding carboxylic acids is 1. The van der Waals surface area contributed by atoms with Crippen LogP contribution in [0.15, 0.2) is 30.3 Å². The summed E-state index contributed by atoms with van der Waals surface area (Å²) in [4.78, 5) is 12.3. The van der Waals surface area contributed by atoms with Crippen molar-refractivity contribution >= 4 is 5.78 Å². The van der Waals surface area contributed by atoms with Crippen LogP contribution < -0.4 is 9.47 Å². The molecule has 1 heterocycles. The minimum atomic E-state index is -0.453. The molecule has 1 aliphatic heterocycles. The Balaban J connectivity index is 2.01. The van der Waals surface area contributed by atoms with Crippen molar-refractivity contribution in [1.29, 1.82) is 0 Å². The molecule has 3 rings (SSSR count). The van der Waals surface area contributed by atoms with Gasteiger partial charge >= 0.3 is 0 Å². The van der Waals surface area contributed by atoms with E-state index in [-0.39, 0.29) is 35.0 Å². The molecule has 0 aromatic heterocycles. The van der Waals surface area contributed by atoms with Crippen LogP contribution in [0.1, 0.15) is 34.0 Å². The summed E-state index contributed by atoms with van der Waals surface area (Å²) in [6.07, 6.45) is -0.317. The van der Waals surface area contributed by atoms with Crippen LogP contribution in [0.5, 0.6) is 23.0 Å². The van der Waals surface area contributed by atoms with Crippen molar-refractivity contribution in [3.05, 3.63) is 47.0 Å². The monoisotopic (exact) mass is 300 g/mol. The Morgan fingerprint density at radius 3 is 2.50 bits per heavy atom. The number of methoxy groups -OCH3 is 1. The zero-order valence-electron chi connectivity index (χ0n) is 12.3. The first-order chi connectivity index (χ1) is 10.5. The third kappa shape index (κ3) is 2.24. The number of carbonyl (C=O) groups is 1. The largest absolute Gasteiger partial charge is 0.507 e. The lowest BCUT2D eigenvalue weighted by atomic mass is 9.93. The Morgan fingerprint density at radius 1 is 1.18 bits per heavy atom. The number of Topliss-reactive ketones (excluding diaryl/α,β-unsaturated/α-hetero) is 1. The normalized spacial score (nSPS) is 16.8. The summed E-state index contributed by atoms with van der Waals surface area (Å²) < 4.78 is 11.0. The van der Waals surface area contributed by atoms with E-state index in [9.17, 15) is 15.0 Å². The average Bonchev–Trinajstić information content (AvgIpc) is 2.52. The molecule has 114 valence electrons. The average molecular weight is 300 g/mol. The Hall–Kier alpha value is -2.69. The number of phenolic OH excluding ortho intramolecular Hbond substituents is 2. The fourth-order valence-corrected chi connectivity index (χ4v) is 2.61. The summed E-state index contributed by atoms with van der Waals surface area (Å²) in [5.41, 5.74) is 1.42. The van der Waals surface area contributed by atoms with Gasteiger partial charge in [-0.15, -0.1) is 0 Å². The Bertz CT molecular complexity index is 734. The Labute approximate surface area is 127 Å². The van der Waals surface area contributed by atoms with E-state index in [1.807, 2.05) is 12.1 Å². The molecule has 0 saturated carbocycles. The van der Waals surface area contributed by atoms with Gasteiger partial charge in [0, 0.05) is 11.6 Å². The number of aromatic hydroxyl groups is 2. The van der Waals surface area contributed by atoms with Crippen molar-refractivity contribution in [1.82, 2.24) is 0 Å². The molecule has 1 atom stereocenters. The summed E-state index contributed by atoms with van der Waals surface area (Å²) in [5, 5.41) is 19.7. The number of fused-ring (bicyclic) bond motifs is 1. The quantitative estimate of drug-likeness (QED) is 0.891. The smallest absolute Gasteiger partial charge is 0.174 e. The van der Waals surface area contributed by atoms with Gasteiger partial charge in [-0.3, -0.25) is 4.79 Å². The SMILES string of the molecule is COc1ccc([C@@H]2CC(=O)c3c(O)cc(O)c(C)c3O2)cc1. The number of phenols is 2. The van der Waals surface area contributed by atoms with Gasteiger partial charge in [-0.05, 0) is 24.6 Å². The van der Waals surface area contributed by atoms with Crippen LogP contribution in [0.4, 0.5) is 0 Å². The van der Waals surface area contributed by atoms with Gasteiger partial charge in [0.25, 0.3) is 0 Å². The predicted octanol–water partition coefficient (Wildman–Crippen LogP) is 3.12. The standard InChI is InChI=1S/C17H16O5/c1-9-12(18)7-13(19)16-14(20)8-15(22-17(9)16)10-3-5-11(21-2)6-4-10/h3-7,15,18-19H,8H2,1-2H3/t15-/m0/s1. The molecule has 0 spiro atoms. The molecule has 2 aromatic rings. The maximum Gasteiger partial charge on any atom is 0.174 e. The fraction of sp³-hybridized carbons (Fsp3) is 0.235. The molecular formula is C17H16O5. The third-order valence-electron chi connectivity index (χ3n) is 3.88. The lowest BCUT2D eigenvalue weighted by molar-refractivity contribution is 0.0843. The lowest BCUT2D eigenvalue weighted by Crippen LogP contribution is -2.21. The molecule has 2 N–H and O–H groups in total. The number of hydrogen-bond acceptors (Lipinski definition) is 5. The first-order valence-corrected chi connectivity index (χ1v) is 6.90. The number of hydrogen-bond donors (Lipinski definition) is 2. The molecule has 2 aromatic carbocycles. The molecule has 0 radical (unpaired) electrons. The van der Waals surface area contributed by atoms with Gasteiger partial charge in [0.15, 0.2) is 5.78 Å². The zero-order chi connectivity index (χ0) is 15.9. The van der Waals surface area contributed by atoms with E-state index in [2.05, 4.69) is 0 Å². The van der Waals surface area contributed by atoms with Crippen molar-refractivity contribution in [2.75, 3.05) is 7.11 Å². The minimum absolute atomic E-state index is 0.0977. The molecule has 5 heteroatoms. The van der Waals surface area contributed by atoms with Crippen molar-refractivity contribution in [2.24, 2.45) is 0 Å². The highest BCUT2D eigenvalue weighted by atomic mass is 16.5. The molecule has 0 unspecified atom stereocenters. The van der Waals surface area contributed by atoms with Crippen LogP contribution in [0.3, 0.4) is 0 Å². The Kier molecular flexibility index (Phi) is 3.41. The number of ketones is 1. The summed E-state index contributed by atoms with van der Waals surface area (Å²) >= 11 is 0. The van der Waals surface area contributed by atoms with Gasteiger partial charge < -0.3 is 19.7 Å². The van der Waals surface area contributed by atoms with E-state index in [4.69, 9.17) is 9.47 Å². The third-order valence-corrected chi connectivity index (χ3v) is 3.88. The topological polar surface area (TPSA) is 76.0 Å². The number of rotatable bonds is 2. The van der Waals surface area contributed by atoms with E-state index in [1.165, 1.54) is 6.07 Å². The maximum atomic E-state index is 12.3. The van der Waals surface area contributed by atoms with E-state index >= 15 is 0 Å². The summed E-state index contributed by atoms with van der Waals surface area (Å²) in [6.45, 7) is 1.65. The highest BCUT2D eigenvalue weighted by molar-refractivity contribution is 6.03. The number of benzene rings is 2. The van der Waals surface area contributed by atoms with Crippen molar-refractivity contribution < 1.29 is 24.5 Å². The second kappa shape index (κ2) is 5.26. The van der Waals surface area contributed by atoms with E-state index in [1.54, 1.807) is 26.2 Å². The van der Waals surface area contributed by atoms with Crippen LogP contribution in [-0.2, 0) is 0 Å². The number of ether oxygens (including phenoxy) is 2. The molecule has 5 nitrogen and oxygen atoms in total. The first kappa shape index (κ1) is 14.3. The van der Waals surface area contributed by atoms with E-state index in [0.717, 1.165) is 11.3 Å². The fourth-order valence-electron chi connectivity index (χ4n) is 2.61. The molecule has 0 bridgehead atoms. The van der Waals surface area contributed by atoms with Crippen LogP contribution in [0.25, 0.3) is 0 Å². The van der Waals surface area contributed by atoms with Crippen LogP contribution in [0.2, 0.25) is 0 Å². The highest BCUT2D eigenvalue weighted by Gasteiger charge is 2.32. The Morgan fingerprint density at radius 2 is 1.86 bits per heavy atom. The highest BCUT2D eigenvalue weighted by Crippen LogP contribution is 2.44. The summed E-state index contributed by atoms with van der Waals surface area (Å²) in [7, 11) is 1.58. The van der Waals surface area contributed by atoms with Gasteiger partial charge in [-0.25, -0.2) is 0 Å². The van der Waals surface area contributed by atoms with E-state index < -0.39 is 6.10 Å². The summed E-state index contributed by atoms with van der Waals surface area (Å²) in [5.74, 6) is 0.408. The first-order valence-electron chi connectivity index (χ1n) is 6.90. The molecule has 1 aliphatic rings. The van der Waals surface area contributed by atoms with Gasteiger partial charge in [-0.2, -0.15) is 0 Å². The van der Waals surface area contributed by atoms with Crippen LogP contribution >= 0.6 is 0 Å². The van der Waals surface area contributed by atoms with Gasteiger partial charge in [-0.1, -0.05) is 12.1 Å². The molecule has 0 saturated heterocycles. The molecule has 0 fully saturated rings. The summed E-state index contributed by atoms with van der Waals surface area (Å²) in [6, 6.07) is 8.43. The maximum absolute atomic E-state index is 12.3. The lowest BCUT2D eigenvalue weighted by Gasteiger charge is -2.27. The van der Waals surface area contributed by atoms with Gasteiger partial charge in [0.1, 0.15) is 34.7 Å². The van der Waals surface area contributed by atoms with Crippen molar-refractivity contribution in [2.45, 2.75) is 19.4 Å². The van der Waals surface area contributed by atoms with Crippen molar-refractivity contribution in [3.8, 4) is 23.0 Å². The zero-order valence-corrected chi connectivity index (χ0v) is 12.3. The predicted molar refractivity (Wildman–Crippen MR) is 79.8 cm³/mol. The van der Waals surface area contributed by atoms with E-state index in [0.29, 0.717) is 5.56 Å². The minimum Gasteiger partial charge on any atom is -0.507 e. The molecule has 0 amide bonds. The van der Waals surface area contributed by atoms with Gasteiger partial charge in [0.2, 0.25) is 0 Å². The molecule has 22 heavy (non-hydrogen) atoms. The second-order valence-corrected chi connectivity index (χ2v) is 5.25.